The lowest BCUT2D eigenvalue weighted by Crippen LogP contribution is -2.38. The first-order valence-electron chi connectivity index (χ1n) is 4.39. The van der Waals surface area contributed by atoms with Gasteiger partial charge in [0.2, 0.25) is 5.91 Å². The third kappa shape index (κ3) is 3.69. The Kier molecular flexibility index (Phi) is 5.66. The summed E-state index contributed by atoms with van der Waals surface area (Å²) in [6.45, 7) is 5.76. The van der Waals surface area contributed by atoms with E-state index in [2.05, 4.69) is 0 Å². The zero-order valence-corrected chi connectivity index (χ0v) is 7.92. The molecule has 72 valence electrons. The minimum Gasteiger partial charge on any atom is -0.343 e. The molecule has 0 spiro atoms. The molecular weight excluding hydrogens is 154 g/mol. The van der Waals surface area contributed by atoms with Crippen molar-refractivity contribution in [3.8, 4) is 0 Å². The summed E-state index contributed by atoms with van der Waals surface area (Å²) in [6, 6.07) is -0.196. The fourth-order valence-corrected chi connectivity index (χ4v) is 1.01. The average molecular weight is 173 g/mol. The number of carbonyl (C=O) groups excluding carboxylic acids is 1. The van der Waals surface area contributed by atoms with Crippen LogP contribution in [-0.2, 0) is 4.79 Å². The molecule has 4 nitrogen and oxygen atoms in total. The smallest absolute Gasteiger partial charge is 0.224 e. The van der Waals surface area contributed by atoms with Gasteiger partial charge >= 0.3 is 0 Å². The molecule has 0 aliphatic carbocycles. The summed E-state index contributed by atoms with van der Waals surface area (Å²) in [5.41, 5.74) is 10.9. The second-order valence-corrected chi connectivity index (χ2v) is 2.77. The van der Waals surface area contributed by atoms with Crippen molar-refractivity contribution in [1.82, 2.24) is 4.90 Å². The molecule has 4 heteroatoms. The Morgan fingerprint density at radius 1 is 1.42 bits per heavy atom. The molecule has 1 amide bonds. The molecule has 0 rings (SSSR count). The summed E-state index contributed by atoms with van der Waals surface area (Å²) in [6.07, 6.45) is 0.359. The lowest BCUT2D eigenvalue weighted by molar-refractivity contribution is -0.131. The number of carbonyl (C=O) groups is 1. The van der Waals surface area contributed by atoms with E-state index >= 15 is 0 Å². The van der Waals surface area contributed by atoms with Crippen molar-refractivity contribution in [3.63, 3.8) is 0 Å². The van der Waals surface area contributed by atoms with Gasteiger partial charge in [-0.25, -0.2) is 0 Å². The second-order valence-electron chi connectivity index (χ2n) is 2.77. The van der Waals surface area contributed by atoms with Gasteiger partial charge in [-0.2, -0.15) is 0 Å². The van der Waals surface area contributed by atoms with Crippen molar-refractivity contribution >= 4 is 5.91 Å². The summed E-state index contributed by atoms with van der Waals surface area (Å²) in [7, 11) is 0. The molecule has 0 fully saturated rings. The molecule has 0 aliphatic rings. The molecule has 1 unspecified atom stereocenters. The van der Waals surface area contributed by atoms with Crippen molar-refractivity contribution < 1.29 is 4.79 Å². The predicted octanol–water partition coefficient (Wildman–Crippen LogP) is -0.469. The largest absolute Gasteiger partial charge is 0.343 e. The maximum absolute atomic E-state index is 11.4. The van der Waals surface area contributed by atoms with Crippen molar-refractivity contribution in [2.75, 3.05) is 19.6 Å². The van der Waals surface area contributed by atoms with Gasteiger partial charge in [-0.1, -0.05) is 0 Å². The molecule has 0 aliphatic heterocycles. The highest BCUT2D eigenvalue weighted by Gasteiger charge is 2.12. The molecule has 0 heterocycles. The van der Waals surface area contributed by atoms with E-state index in [1.807, 2.05) is 13.8 Å². The Morgan fingerprint density at radius 2 is 1.92 bits per heavy atom. The summed E-state index contributed by atoms with van der Waals surface area (Å²) in [5, 5.41) is 0. The van der Waals surface area contributed by atoms with E-state index in [0.717, 1.165) is 13.1 Å². The molecule has 0 aromatic carbocycles. The number of hydrogen-bond acceptors (Lipinski definition) is 3. The van der Waals surface area contributed by atoms with Crippen LogP contribution in [0.1, 0.15) is 20.3 Å². The number of rotatable bonds is 5. The van der Waals surface area contributed by atoms with Crippen LogP contribution < -0.4 is 11.5 Å². The maximum atomic E-state index is 11.4. The van der Waals surface area contributed by atoms with E-state index in [1.165, 1.54) is 0 Å². The van der Waals surface area contributed by atoms with Crippen LogP contribution in [0.15, 0.2) is 0 Å². The van der Waals surface area contributed by atoms with Crippen molar-refractivity contribution in [1.29, 1.82) is 0 Å². The summed E-state index contributed by atoms with van der Waals surface area (Å²) in [4.78, 5) is 13.1. The van der Waals surface area contributed by atoms with Crippen molar-refractivity contribution in [3.05, 3.63) is 0 Å². The number of nitrogens with zero attached hydrogens (tertiary/aromatic N) is 1. The molecule has 1 atom stereocenters. The molecule has 0 saturated carbocycles. The molecule has 4 N–H and O–H groups in total. The molecule has 0 aromatic rings. The molecule has 0 saturated heterocycles. The standard InChI is InChI=1S/C8H19N3O/c1-3-11(4-2)8(12)5-7(10)6-9/h7H,3-6,9-10H2,1-2H3. The van der Waals surface area contributed by atoms with Crippen LogP contribution >= 0.6 is 0 Å². The van der Waals surface area contributed by atoms with E-state index in [9.17, 15) is 4.79 Å². The van der Waals surface area contributed by atoms with Crippen molar-refractivity contribution in [2.45, 2.75) is 26.3 Å². The lowest BCUT2D eigenvalue weighted by atomic mass is 10.2. The van der Waals surface area contributed by atoms with Crippen LogP contribution in [0.3, 0.4) is 0 Å². The van der Waals surface area contributed by atoms with Gasteiger partial charge in [0.25, 0.3) is 0 Å². The highest BCUT2D eigenvalue weighted by atomic mass is 16.2. The SMILES string of the molecule is CCN(CC)C(=O)CC(N)CN. The highest BCUT2D eigenvalue weighted by Crippen LogP contribution is 1.95. The van der Waals surface area contributed by atoms with E-state index in [0.29, 0.717) is 13.0 Å². The Morgan fingerprint density at radius 3 is 2.25 bits per heavy atom. The monoisotopic (exact) mass is 173 g/mol. The molecule has 0 aromatic heterocycles. The zero-order chi connectivity index (χ0) is 9.56. The quantitative estimate of drug-likeness (QED) is 0.590. The van der Waals surface area contributed by atoms with Gasteiger partial charge in [-0.15, -0.1) is 0 Å². The van der Waals surface area contributed by atoms with Gasteiger partial charge in [-0.05, 0) is 13.8 Å². The van der Waals surface area contributed by atoms with Gasteiger partial charge in [0.05, 0.1) is 0 Å². The summed E-state index contributed by atoms with van der Waals surface area (Å²) in [5.74, 6) is 0.0953. The predicted molar refractivity (Wildman–Crippen MR) is 49.6 cm³/mol. The van der Waals surface area contributed by atoms with E-state index < -0.39 is 0 Å². The first-order valence-corrected chi connectivity index (χ1v) is 4.39. The Hall–Kier alpha value is -0.610. The molecular formula is C8H19N3O. The Labute approximate surface area is 73.9 Å². The molecule has 12 heavy (non-hydrogen) atoms. The maximum Gasteiger partial charge on any atom is 0.224 e. The van der Waals surface area contributed by atoms with Crippen LogP contribution in [0.2, 0.25) is 0 Å². The third-order valence-electron chi connectivity index (χ3n) is 1.86. The second kappa shape index (κ2) is 5.97. The van der Waals surface area contributed by atoms with Crippen LogP contribution in [0, 0.1) is 0 Å². The average Bonchev–Trinajstić information content (AvgIpc) is 2.06. The molecule has 0 radical (unpaired) electrons. The number of amides is 1. The highest BCUT2D eigenvalue weighted by molar-refractivity contribution is 5.76. The van der Waals surface area contributed by atoms with E-state index in [4.69, 9.17) is 11.5 Å². The Balaban J connectivity index is 3.84. The van der Waals surface area contributed by atoms with E-state index in [-0.39, 0.29) is 11.9 Å². The van der Waals surface area contributed by atoms with Gasteiger partial charge in [0.15, 0.2) is 0 Å². The topological polar surface area (TPSA) is 72.3 Å². The van der Waals surface area contributed by atoms with Crippen LogP contribution in [0.25, 0.3) is 0 Å². The van der Waals surface area contributed by atoms with Crippen LogP contribution in [-0.4, -0.2) is 36.5 Å². The Bertz CT molecular complexity index is 134. The fraction of sp³-hybridized carbons (Fsp3) is 0.875. The third-order valence-corrected chi connectivity index (χ3v) is 1.86. The number of hydrogen-bond donors (Lipinski definition) is 2. The normalized spacial score (nSPS) is 12.7. The summed E-state index contributed by atoms with van der Waals surface area (Å²) >= 11 is 0. The first-order chi connectivity index (χ1) is 5.65. The lowest BCUT2D eigenvalue weighted by Gasteiger charge is -2.20. The zero-order valence-electron chi connectivity index (χ0n) is 7.92. The van der Waals surface area contributed by atoms with Crippen LogP contribution in [0.4, 0.5) is 0 Å². The fourth-order valence-electron chi connectivity index (χ4n) is 1.01. The van der Waals surface area contributed by atoms with Gasteiger partial charge < -0.3 is 16.4 Å². The first kappa shape index (κ1) is 11.4. The minimum atomic E-state index is -0.196. The van der Waals surface area contributed by atoms with Gasteiger partial charge in [0, 0.05) is 32.1 Å². The minimum absolute atomic E-state index is 0.0953. The molecule has 0 bridgehead atoms. The van der Waals surface area contributed by atoms with Gasteiger partial charge in [-0.3, -0.25) is 4.79 Å². The van der Waals surface area contributed by atoms with E-state index in [1.54, 1.807) is 4.90 Å². The van der Waals surface area contributed by atoms with Gasteiger partial charge in [0.1, 0.15) is 0 Å². The summed E-state index contributed by atoms with van der Waals surface area (Å²) < 4.78 is 0. The number of nitrogens with two attached hydrogens (primary N) is 2. The van der Waals surface area contributed by atoms with Crippen molar-refractivity contribution in [2.24, 2.45) is 11.5 Å². The van der Waals surface area contributed by atoms with Crippen LogP contribution in [0.5, 0.6) is 0 Å².